The van der Waals surface area contributed by atoms with Crippen LogP contribution in [-0.2, 0) is 6.42 Å². The van der Waals surface area contributed by atoms with Gasteiger partial charge in [-0.2, -0.15) is 4.98 Å². The summed E-state index contributed by atoms with van der Waals surface area (Å²) in [5.74, 6) is 4.77. The van der Waals surface area contributed by atoms with Crippen molar-refractivity contribution >= 4 is 29.9 Å². The number of hydrogen-bond donors (Lipinski definition) is 1. The number of aliphatic imine (C=N–C) groups is 1. The fourth-order valence-electron chi connectivity index (χ4n) is 5.14. The van der Waals surface area contributed by atoms with Crippen LogP contribution in [0.4, 0.5) is 0 Å². The van der Waals surface area contributed by atoms with E-state index in [9.17, 15) is 0 Å². The molecule has 158 valence electrons. The lowest BCUT2D eigenvalue weighted by Gasteiger charge is -2.41. The average molecular weight is 502 g/mol. The van der Waals surface area contributed by atoms with Gasteiger partial charge in [0.15, 0.2) is 11.8 Å². The Morgan fingerprint density at radius 2 is 2.00 bits per heavy atom. The molecule has 1 aromatic heterocycles. The molecule has 1 aliphatic heterocycles. The molecule has 3 fully saturated rings. The second-order valence-electron chi connectivity index (χ2n) is 8.69. The molecular weight excluding hydrogens is 467 g/mol. The lowest BCUT2D eigenvalue weighted by atomic mass is 9.93. The normalized spacial score (nSPS) is 28.1. The Balaban J connectivity index is 0.00000225. The molecule has 3 atom stereocenters. The summed E-state index contributed by atoms with van der Waals surface area (Å²) in [7, 11) is 1.87. The van der Waals surface area contributed by atoms with Crippen molar-refractivity contribution in [1.29, 1.82) is 0 Å². The van der Waals surface area contributed by atoms with Gasteiger partial charge in [-0.3, -0.25) is 9.89 Å². The molecule has 28 heavy (non-hydrogen) atoms. The zero-order chi connectivity index (χ0) is 18.8. The maximum Gasteiger partial charge on any atom is 0.228 e. The lowest BCUT2D eigenvalue weighted by molar-refractivity contribution is 0.0958. The van der Waals surface area contributed by atoms with E-state index in [4.69, 9.17) is 4.52 Å². The van der Waals surface area contributed by atoms with E-state index in [0.29, 0.717) is 11.8 Å². The van der Waals surface area contributed by atoms with Crippen molar-refractivity contribution < 1.29 is 4.52 Å². The molecule has 3 aliphatic rings. The van der Waals surface area contributed by atoms with Gasteiger partial charge < -0.3 is 14.7 Å². The van der Waals surface area contributed by atoms with E-state index in [1.807, 2.05) is 7.05 Å². The summed E-state index contributed by atoms with van der Waals surface area (Å²) < 4.78 is 5.32. The van der Waals surface area contributed by atoms with Crippen LogP contribution in [0.2, 0.25) is 0 Å². The monoisotopic (exact) mass is 502 g/mol. The van der Waals surface area contributed by atoms with Gasteiger partial charge in [0.25, 0.3) is 0 Å². The quantitative estimate of drug-likeness (QED) is 0.380. The second-order valence-corrected chi connectivity index (χ2v) is 8.69. The van der Waals surface area contributed by atoms with Crippen molar-refractivity contribution in [3.05, 3.63) is 11.7 Å². The summed E-state index contributed by atoms with van der Waals surface area (Å²) in [5, 5.41) is 7.49. The standard InChI is InChI=1S/C20H34N6O.HI/c1-14(2)19-23-18(27-24-19)6-7-22-20(21-3)26-10-8-25(9-11-26)17-13-15-4-5-16(17)12-15;/h14-17H,4-13H2,1-3H3,(H,21,22);1H. The van der Waals surface area contributed by atoms with Crippen LogP contribution in [0.25, 0.3) is 0 Å². The van der Waals surface area contributed by atoms with Gasteiger partial charge in [-0.1, -0.05) is 25.4 Å². The average Bonchev–Trinajstić information content (AvgIpc) is 3.42. The van der Waals surface area contributed by atoms with Gasteiger partial charge in [0.1, 0.15) is 0 Å². The number of nitrogens with one attached hydrogen (secondary N) is 1. The van der Waals surface area contributed by atoms with E-state index in [2.05, 4.69) is 44.1 Å². The van der Waals surface area contributed by atoms with Crippen molar-refractivity contribution in [2.24, 2.45) is 16.8 Å². The fraction of sp³-hybridized carbons (Fsp3) is 0.850. The van der Waals surface area contributed by atoms with Crippen molar-refractivity contribution in [2.45, 2.75) is 57.9 Å². The molecule has 1 saturated heterocycles. The number of halogens is 1. The summed E-state index contributed by atoms with van der Waals surface area (Å²) in [6.07, 6.45) is 6.61. The number of fused-ring (bicyclic) bond motifs is 2. The molecular formula is C20H35IN6O. The van der Waals surface area contributed by atoms with E-state index in [1.54, 1.807) is 0 Å². The third-order valence-electron chi connectivity index (χ3n) is 6.62. The molecule has 0 aromatic carbocycles. The van der Waals surface area contributed by atoms with Crippen molar-refractivity contribution in [3.8, 4) is 0 Å². The Morgan fingerprint density at radius 3 is 2.57 bits per heavy atom. The van der Waals surface area contributed by atoms with Gasteiger partial charge in [-0.05, 0) is 31.1 Å². The van der Waals surface area contributed by atoms with Crippen molar-refractivity contribution in [1.82, 2.24) is 25.3 Å². The summed E-state index contributed by atoms with van der Waals surface area (Å²) in [6, 6.07) is 0.855. The third kappa shape index (κ3) is 4.80. The van der Waals surface area contributed by atoms with Gasteiger partial charge in [0.2, 0.25) is 5.89 Å². The molecule has 0 amide bonds. The smallest absolute Gasteiger partial charge is 0.228 e. The molecule has 4 rings (SSSR count). The maximum atomic E-state index is 5.32. The van der Waals surface area contributed by atoms with Crippen LogP contribution in [0.5, 0.6) is 0 Å². The predicted molar refractivity (Wildman–Crippen MR) is 121 cm³/mol. The van der Waals surface area contributed by atoms with Gasteiger partial charge in [-0.25, -0.2) is 0 Å². The summed E-state index contributed by atoms with van der Waals surface area (Å²) in [4.78, 5) is 14.1. The third-order valence-corrected chi connectivity index (χ3v) is 6.62. The van der Waals surface area contributed by atoms with Crippen LogP contribution in [0.3, 0.4) is 0 Å². The first-order valence-corrected chi connectivity index (χ1v) is 10.7. The SMILES string of the molecule is CN=C(NCCc1nc(C(C)C)no1)N1CCN(C2CC3CCC2C3)CC1.I. The van der Waals surface area contributed by atoms with Crippen LogP contribution in [0.15, 0.2) is 9.52 Å². The molecule has 1 aromatic rings. The minimum absolute atomic E-state index is 0. The predicted octanol–water partition coefficient (Wildman–Crippen LogP) is 2.74. The first-order chi connectivity index (χ1) is 13.1. The summed E-state index contributed by atoms with van der Waals surface area (Å²) >= 11 is 0. The van der Waals surface area contributed by atoms with E-state index >= 15 is 0 Å². The Morgan fingerprint density at radius 1 is 1.21 bits per heavy atom. The van der Waals surface area contributed by atoms with Crippen LogP contribution >= 0.6 is 24.0 Å². The molecule has 2 aliphatic carbocycles. The highest BCUT2D eigenvalue weighted by Crippen LogP contribution is 2.46. The highest BCUT2D eigenvalue weighted by molar-refractivity contribution is 14.0. The molecule has 2 bridgehead atoms. The van der Waals surface area contributed by atoms with E-state index in [1.165, 1.54) is 25.7 Å². The minimum atomic E-state index is 0. The van der Waals surface area contributed by atoms with Gasteiger partial charge >= 0.3 is 0 Å². The Bertz CT molecular complexity index is 655. The van der Waals surface area contributed by atoms with Gasteiger partial charge in [0, 0.05) is 58.2 Å². The summed E-state index contributed by atoms with van der Waals surface area (Å²) in [6.45, 7) is 9.36. The lowest BCUT2D eigenvalue weighted by Crippen LogP contribution is -2.55. The van der Waals surface area contributed by atoms with Crippen molar-refractivity contribution in [3.63, 3.8) is 0 Å². The van der Waals surface area contributed by atoms with Gasteiger partial charge in [0.05, 0.1) is 0 Å². The van der Waals surface area contributed by atoms with Crippen LogP contribution < -0.4 is 5.32 Å². The van der Waals surface area contributed by atoms with Crippen LogP contribution in [0, 0.1) is 11.8 Å². The number of nitrogens with zero attached hydrogens (tertiary/aromatic N) is 5. The molecule has 0 spiro atoms. The molecule has 3 unspecified atom stereocenters. The zero-order valence-corrected chi connectivity index (χ0v) is 19.8. The van der Waals surface area contributed by atoms with Crippen LogP contribution in [0.1, 0.15) is 57.2 Å². The molecule has 7 nitrogen and oxygen atoms in total. The highest BCUT2D eigenvalue weighted by Gasteiger charge is 2.42. The van der Waals surface area contributed by atoms with E-state index in [-0.39, 0.29) is 24.0 Å². The first kappa shape index (κ1) is 21.8. The number of rotatable bonds is 5. The number of hydrogen-bond acceptors (Lipinski definition) is 5. The molecule has 8 heteroatoms. The van der Waals surface area contributed by atoms with E-state index in [0.717, 1.165) is 68.8 Å². The summed E-state index contributed by atoms with van der Waals surface area (Å²) in [5.41, 5.74) is 0. The van der Waals surface area contributed by atoms with Gasteiger partial charge in [-0.15, -0.1) is 24.0 Å². The number of guanidine groups is 1. The molecule has 0 radical (unpaired) electrons. The Labute approximate surface area is 185 Å². The minimum Gasteiger partial charge on any atom is -0.356 e. The van der Waals surface area contributed by atoms with Crippen molar-refractivity contribution in [2.75, 3.05) is 39.8 Å². The number of aromatic nitrogens is 2. The first-order valence-electron chi connectivity index (χ1n) is 10.7. The number of piperazine rings is 1. The maximum absolute atomic E-state index is 5.32. The fourth-order valence-corrected chi connectivity index (χ4v) is 5.14. The molecule has 2 heterocycles. The molecule has 1 N–H and O–H groups in total. The second kappa shape index (κ2) is 9.73. The Kier molecular flexibility index (Phi) is 7.58. The van der Waals surface area contributed by atoms with Crippen LogP contribution in [-0.4, -0.2) is 71.7 Å². The Hall–Kier alpha value is -0.900. The molecule has 2 saturated carbocycles. The topological polar surface area (TPSA) is 69.8 Å². The largest absolute Gasteiger partial charge is 0.356 e. The zero-order valence-electron chi connectivity index (χ0n) is 17.4. The van der Waals surface area contributed by atoms with E-state index < -0.39 is 0 Å². The highest BCUT2D eigenvalue weighted by atomic mass is 127.